The van der Waals surface area contributed by atoms with Crippen molar-refractivity contribution in [3.63, 3.8) is 0 Å². The second-order valence-electron chi connectivity index (χ2n) is 4.48. The Morgan fingerprint density at radius 1 is 1.47 bits per heavy atom. The molecule has 0 aliphatic heterocycles. The van der Waals surface area contributed by atoms with Crippen molar-refractivity contribution in [1.82, 2.24) is 25.1 Å². The van der Waals surface area contributed by atoms with E-state index in [0.29, 0.717) is 5.69 Å². The fraction of sp³-hybridized carbons (Fsp3) is 0.333. The molecule has 98 valence electrons. The first kappa shape index (κ1) is 11.6. The zero-order valence-corrected chi connectivity index (χ0v) is 10.8. The molecule has 0 saturated carbocycles. The number of nitrogen functional groups attached to an aromatic ring is 1. The van der Waals surface area contributed by atoms with Crippen molar-refractivity contribution in [2.45, 2.75) is 12.8 Å². The summed E-state index contributed by atoms with van der Waals surface area (Å²) in [6.45, 7) is 0. The quantitative estimate of drug-likeness (QED) is 0.745. The average Bonchev–Trinajstić information content (AvgIpc) is 2.75. The minimum atomic E-state index is -0.178. The van der Waals surface area contributed by atoms with Crippen molar-refractivity contribution in [3.8, 4) is 11.4 Å². The smallest absolute Gasteiger partial charge is 0.271 e. The lowest BCUT2D eigenvalue weighted by Gasteiger charge is -2.16. The van der Waals surface area contributed by atoms with Gasteiger partial charge in [0, 0.05) is 25.9 Å². The molecule has 3 N–H and O–H groups in total. The Bertz CT molecular complexity index is 675. The summed E-state index contributed by atoms with van der Waals surface area (Å²) in [5.41, 5.74) is 9.70. The van der Waals surface area contributed by atoms with Crippen LogP contribution in [0.25, 0.3) is 11.4 Å². The van der Waals surface area contributed by atoms with Crippen molar-refractivity contribution in [2.75, 3.05) is 12.8 Å². The number of hydrogen-bond donors (Lipinski definition) is 2. The van der Waals surface area contributed by atoms with Crippen molar-refractivity contribution in [2.24, 2.45) is 7.05 Å². The third-order valence-electron chi connectivity index (χ3n) is 3.34. The van der Waals surface area contributed by atoms with E-state index in [-0.39, 0.29) is 11.9 Å². The van der Waals surface area contributed by atoms with Gasteiger partial charge < -0.3 is 11.1 Å². The van der Waals surface area contributed by atoms with E-state index in [2.05, 4.69) is 20.4 Å². The first-order valence-electron chi connectivity index (χ1n) is 6.01. The molecule has 0 bridgehead atoms. The Kier molecular flexibility index (Phi) is 2.48. The summed E-state index contributed by atoms with van der Waals surface area (Å²) in [6.07, 6.45) is 3.29. The molecule has 1 aliphatic carbocycles. The summed E-state index contributed by atoms with van der Waals surface area (Å²) in [6, 6.07) is 0. The maximum absolute atomic E-state index is 11.8. The molecule has 2 heterocycles. The summed E-state index contributed by atoms with van der Waals surface area (Å²) in [4.78, 5) is 20.1. The molecule has 2 aromatic rings. The summed E-state index contributed by atoms with van der Waals surface area (Å²) in [5, 5.41) is 6.90. The van der Waals surface area contributed by atoms with E-state index >= 15 is 0 Å². The topological polar surface area (TPSA) is 98.7 Å². The molecular formula is C12H14N6O. The molecule has 0 fully saturated rings. The van der Waals surface area contributed by atoms with E-state index in [1.54, 1.807) is 25.0 Å². The molecule has 0 saturated heterocycles. The van der Waals surface area contributed by atoms with Crippen molar-refractivity contribution in [1.29, 1.82) is 0 Å². The fourth-order valence-electron chi connectivity index (χ4n) is 2.47. The van der Waals surface area contributed by atoms with Crippen LogP contribution >= 0.6 is 0 Å². The van der Waals surface area contributed by atoms with Crippen LogP contribution in [0, 0.1) is 0 Å². The number of hydrogen-bond acceptors (Lipinski definition) is 5. The van der Waals surface area contributed by atoms with Gasteiger partial charge in [0.2, 0.25) is 5.95 Å². The van der Waals surface area contributed by atoms with Crippen LogP contribution in [-0.4, -0.2) is 32.7 Å². The first-order valence-corrected chi connectivity index (χ1v) is 6.01. The van der Waals surface area contributed by atoms with E-state index in [1.165, 1.54) is 0 Å². The Labute approximate surface area is 109 Å². The van der Waals surface area contributed by atoms with E-state index < -0.39 is 0 Å². The first-order chi connectivity index (χ1) is 9.11. The lowest BCUT2D eigenvalue weighted by molar-refractivity contribution is 0.0956. The van der Waals surface area contributed by atoms with Gasteiger partial charge in [-0.3, -0.25) is 9.48 Å². The number of anilines is 1. The number of nitrogens with two attached hydrogens (primary N) is 1. The monoisotopic (exact) mass is 258 g/mol. The molecule has 0 unspecified atom stereocenters. The molecule has 0 spiro atoms. The molecule has 7 heteroatoms. The van der Waals surface area contributed by atoms with Gasteiger partial charge in [0.05, 0.1) is 11.4 Å². The zero-order chi connectivity index (χ0) is 13.6. The number of fused-ring (bicyclic) bond motifs is 3. The number of aryl methyl sites for hydroxylation is 2. The van der Waals surface area contributed by atoms with E-state index in [1.807, 2.05) is 0 Å². The Balaban J connectivity index is 2.24. The van der Waals surface area contributed by atoms with Gasteiger partial charge in [-0.25, -0.2) is 9.97 Å². The molecule has 2 aromatic heterocycles. The zero-order valence-electron chi connectivity index (χ0n) is 10.8. The standard InChI is InChI=1S/C12H14N6O/c1-14-11(19)9-7-4-3-6-5-15-12(13)16-8(6)10(7)18(2)17-9/h5H,3-4H2,1-2H3,(H,14,19)(H2,13,15,16). The molecule has 1 amide bonds. The Morgan fingerprint density at radius 2 is 2.26 bits per heavy atom. The second-order valence-corrected chi connectivity index (χ2v) is 4.48. The van der Waals surface area contributed by atoms with Gasteiger partial charge in [0.15, 0.2) is 5.69 Å². The Hall–Kier alpha value is -2.44. The molecule has 7 nitrogen and oxygen atoms in total. The molecule has 19 heavy (non-hydrogen) atoms. The highest BCUT2D eigenvalue weighted by Crippen LogP contribution is 2.33. The number of aromatic nitrogens is 4. The van der Waals surface area contributed by atoms with Crippen LogP contribution < -0.4 is 11.1 Å². The minimum absolute atomic E-state index is 0.178. The maximum atomic E-state index is 11.8. The second kappa shape index (κ2) is 4.04. The fourth-order valence-corrected chi connectivity index (χ4v) is 2.47. The van der Waals surface area contributed by atoms with Crippen LogP contribution in [0.3, 0.4) is 0 Å². The van der Waals surface area contributed by atoms with Gasteiger partial charge in [-0.05, 0) is 18.4 Å². The van der Waals surface area contributed by atoms with Gasteiger partial charge in [-0.15, -0.1) is 0 Å². The lowest BCUT2D eigenvalue weighted by atomic mass is 9.93. The van der Waals surface area contributed by atoms with Crippen LogP contribution in [0.4, 0.5) is 5.95 Å². The maximum Gasteiger partial charge on any atom is 0.271 e. The van der Waals surface area contributed by atoms with Crippen LogP contribution in [0.5, 0.6) is 0 Å². The van der Waals surface area contributed by atoms with Gasteiger partial charge >= 0.3 is 0 Å². The summed E-state index contributed by atoms with van der Waals surface area (Å²) >= 11 is 0. The van der Waals surface area contributed by atoms with Gasteiger partial charge in [-0.2, -0.15) is 5.10 Å². The average molecular weight is 258 g/mol. The highest BCUT2D eigenvalue weighted by atomic mass is 16.1. The number of rotatable bonds is 1. The molecule has 3 rings (SSSR count). The van der Waals surface area contributed by atoms with Gasteiger partial charge in [0.1, 0.15) is 0 Å². The molecule has 1 aliphatic rings. The van der Waals surface area contributed by atoms with Crippen LogP contribution in [0.1, 0.15) is 21.6 Å². The van der Waals surface area contributed by atoms with E-state index in [9.17, 15) is 4.79 Å². The minimum Gasteiger partial charge on any atom is -0.368 e. The number of carbonyl (C=O) groups is 1. The Morgan fingerprint density at radius 3 is 3.00 bits per heavy atom. The summed E-state index contributed by atoms with van der Waals surface area (Å²) in [7, 11) is 3.40. The van der Waals surface area contributed by atoms with Gasteiger partial charge in [0.25, 0.3) is 5.91 Å². The molecule has 0 atom stereocenters. The largest absolute Gasteiger partial charge is 0.368 e. The van der Waals surface area contributed by atoms with Crippen LogP contribution in [-0.2, 0) is 19.9 Å². The normalized spacial score (nSPS) is 12.7. The number of amides is 1. The third kappa shape index (κ3) is 1.66. The van der Waals surface area contributed by atoms with E-state index in [4.69, 9.17) is 5.73 Å². The summed E-state index contributed by atoms with van der Waals surface area (Å²) < 4.78 is 1.68. The molecule has 0 aromatic carbocycles. The molecular weight excluding hydrogens is 244 g/mol. The highest BCUT2D eigenvalue weighted by molar-refractivity contribution is 5.95. The molecule has 0 radical (unpaired) electrons. The highest BCUT2D eigenvalue weighted by Gasteiger charge is 2.28. The van der Waals surface area contributed by atoms with Crippen LogP contribution in [0.2, 0.25) is 0 Å². The number of carbonyl (C=O) groups excluding carboxylic acids is 1. The third-order valence-corrected chi connectivity index (χ3v) is 3.34. The lowest BCUT2D eigenvalue weighted by Crippen LogP contribution is -2.20. The predicted octanol–water partition coefficient (Wildman–Crippen LogP) is -0.0825. The van der Waals surface area contributed by atoms with Crippen molar-refractivity contribution < 1.29 is 4.79 Å². The SMILES string of the molecule is CNC(=O)c1nn(C)c2c1CCc1cnc(N)nc1-2. The van der Waals surface area contributed by atoms with Crippen molar-refractivity contribution in [3.05, 3.63) is 23.0 Å². The summed E-state index contributed by atoms with van der Waals surface area (Å²) in [5.74, 6) is 0.0524. The van der Waals surface area contributed by atoms with Gasteiger partial charge in [-0.1, -0.05) is 0 Å². The van der Waals surface area contributed by atoms with Crippen molar-refractivity contribution >= 4 is 11.9 Å². The number of nitrogens with one attached hydrogen (secondary N) is 1. The number of nitrogens with zero attached hydrogens (tertiary/aromatic N) is 4. The van der Waals surface area contributed by atoms with E-state index in [0.717, 1.165) is 35.4 Å². The van der Waals surface area contributed by atoms with Crippen LogP contribution in [0.15, 0.2) is 6.20 Å². The predicted molar refractivity (Wildman–Crippen MR) is 69.4 cm³/mol.